The van der Waals surface area contributed by atoms with E-state index in [4.69, 9.17) is 16.3 Å². The van der Waals surface area contributed by atoms with Gasteiger partial charge in [0.1, 0.15) is 10.4 Å². The van der Waals surface area contributed by atoms with Crippen molar-refractivity contribution in [2.24, 2.45) is 0 Å². The van der Waals surface area contributed by atoms with Crippen LogP contribution in [-0.2, 0) is 11.3 Å². The fourth-order valence-electron chi connectivity index (χ4n) is 2.98. The Kier molecular flexibility index (Phi) is 6.60. The number of ether oxygens (including phenoxy) is 1. The van der Waals surface area contributed by atoms with Crippen molar-refractivity contribution in [3.05, 3.63) is 80.9 Å². The van der Waals surface area contributed by atoms with Gasteiger partial charge in [-0.05, 0) is 47.3 Å². The van der Waals surface area contributed by atoms with Gasteiger partial charge in [0.15, 0.2) is 5.16 Å². The molecule has 2 heterocycles. The summed E-state index contributed by atoms with van der Waals surface area (Å²) >= 11 is 8.56. The Hall–Kier alpha value is -2.81. The molecule has 0 saturated carbocycles. The number of rotatable bonds is 7. The van der Waals surface area contributed by atoms with E-state index >= 15 is 0 Å². The summed E-state index contributed by atoms with van der Waals surface area (Å²) in [6.45, 7) is 0.349. The summed E-state index contributed by atoms with van der Waals surface area (Å²) in [5.74, 6) is 0.648. The molecule has 0 atom stereocenters. The van der Waals surface area contributed by atoms with E-state index in [-0.39, 0.29) is 17.2 Å². The maximum absolute atomic E-state index is 13.1. The molecule has 9 heteroatoms. The Bertz CT molecular complexity index is 1290. The first-order chi connectivity index (χ1) is 15.0. The lowest BCUT2D eigenvalue weighted by Crippen LogP contribution is -2.24. The number of halogens is 1. The molecule has 31 heavy (non-hydrogen) atoms. The molecule has 6 nitrogen and oxygen atoms in total. The average molecular weight is 472 g/mol. The van der Waals surface area contributed by atoms with Crippen molar-refractivity contribution >= 4 is 56.5 Å². The van der Waals surface area contributed by atoms with E-state index in [0.717, 1.165) is 11.3 Å². The molecule has 1 amide bonds. The van der Waals surface area contributed by atoms with Crippen molar-refractivity contribution in [2.75, 3.05) is 18.2 Å². The van der Waals surface area contributed by atoms with Crippen LogP contribution < -0.4 is 15.6 Å². The van der Waals surface area contributed by atoms with Gasteiger partial charge < -0.3 is 10.1 Å². The number of carbonyl (C=O) groups is 1. The van der Waals surface area contributed by atoms with Crippen molar-refractivity contribution in [1.29, 1.82) is 0 Å². The summed E-state index contributed by atoms with van der Waals surface area (Å²) in [5, 5.41) is 5.69. The molecule has 4 aromatic rings. The number of carbonyl (C=O) groups excluding carboxylic acids is 1. The summed E-state index contributed by atoms with van der Waals surface area (Å²) in [4.78, 5) is 30.2. The number of thioether (sulfide) groups is 1. The van der Waals surface area contributed by atoms with Gasteiger partial charge in [-0.25, -0.2) is 4.98 Å². The van der Waals surface area contributed by atoms with Crippen LogP contribution in [0.2, 0.25) is 5.02 Å². The van der Waals surface area contributed by atoms with Crippen LogP contribution in [0.5, 0.6) is 5.75 Å². The highest BCUT2D eigenvalue weighted by atomic mass is 35.5. The predicted molar refractivity (Wildman–Crippen MR) is 127 cm³/mol. The van der Waals surface area contributed by atoms with Crippen molar-refractivity contribution in [1.82, 2.24) is 9.55 Å². The van der Waals surface area contributed by atoms with Crippen LogP contribution in [0, 0.1) is 0 Å². The molecule has 158 valence electrons. The SMILES string of the molecule is COc1ccc(Cn2c(SCC(=O)Nc3cccc(Cl)c3)nc3ccsc3c2=O)cc1. The smallest absolute Gasteiger partial charge is 0.272 e. The van der Waals surface area contributed by atoms with Gasteiger partial charge in [0.25, 0.3) is 5.56 Å². The highest BCUT2D eigenvalue weighted by molar-refractivity contribution is 7.99. The fraction of sp³-hybridized carbons (Fsp3) is 0.136. The van der Waals surface area contributed by atoms with Crippen LogP contribution >= 0.6 is 34.7 Å². The van der Waals surface area contributed by atoms with Crippen molar-refractivity contribution < 1.29 is 9.53 Å². The maximum atomic E-state index is 13.1. The molecule has 2 aromatic heterocycles. The number of benzene rings is 2. The minimum atomic E-state index is -0.206. The molecule has 0 unspecified atom stereocenters. The van der Waals surface area contributed by atoms with E-state index in [9.17, 15) is 9.59 Å². The number of nitrogens with zero attached hydrogens (tertiary/aromatic N) is 2. The second-order valence-corrected chi connectivity index (χ2v) is 8.91. The van der Waals surface area contributed by atoms with Gasteiger partial charge in [-0.1, -0.05) is 41.6 Å². The molecule has 0 aliphatic carbocycles. The van der Waals surface area contributed by atoms with E-state index in [0.29, 0.717) is 32.6 Å². The fourth-order valence-corrected chi connectivity index (χ4v) is 4.75. The minimum absolute atomic E-state index is 0.108. The van der Waals surface area contributed by atoms with E-state index in [1.807, 2.05) is 35.7 Å². The van der Waals surface area contributed by atoms with Crippen molar-refractivity contribution in [3.63, 3.8) is 0 Å². The minimum Gasteiger partial charge on any atom is -0.497 e. The van der Waals surface area contributed by atoms with E-state index in [2.05, 4.69) is 10.3 Å². The van der Waals surface area contributed by atoms with Crippen LogP contribution in [0.25, 0.3) is 10.2 Å². The molecule has 4 rings (SSSR count). The third-order valence-electron chi connectivity index (χ3n) is 4.47. The highest BCUT2D eigenvalue weighted by Gasteiger charge is 2.15. The van der Waals surface area contributed by atoms with Crippen molar-refractivity contribution in [3.8, 4) is 5.75 Å². The van der Waals surface area contributed by atoms with Crippen molar-refractivity contribution in [2.45, 2.75) is 11.7 Å². The van der Waals surface area contributed by atoms with Gasteiger partial charge in [0.2, 0.25) is 5.91 Å². The zero-order valence-electron chi connectivity index (χ0n) is 16.5. The zero-order chi connectivity index (χ0) is 21.8. The van der Waals surface area contributed by atoms with Crippen LogP contribution in [0.15, 0.2) is 69.9 Å². The van der Waals surface area contributed by atoms with Gasteiger partial charge in [-0.3, -0.25) is 14.2 Å². The Balaban J connectivity index is 1.57. The van der Waals surface area contributed by atoms with Gasteiger partial charge in [0, 0.05) is 10.7 Å². The standard InChI is InChI=1S/C22H18ClN3O3S2/c1-29-17-7-5-14(6-8-17)12-26-21(28)20-18(9-10-30-20)25-22(26)31-13-19(27)24-16-4-2-3-15(23)11-16/h2-11H,12-13H2,1H3,(H,24,27). The number of fused-ring (bicyclic) bond motifs is 1. The summed E-state index contributed by atoms with van der Waals surface area (Å²) in [6, 6.07) is 16.3. The summed E-state index contributed by atoms with van der Waals surface area (Å²) in [6.07, 6.45) is 0. The molecule has 0 aliphatic rings. The molecular formula is C22H18ClN3O3S2. The van der Waals surface area contributed by atoms with Gasteiger partial charge in [0.05, 0.1) is 24.9 Å². The number of nitrogens with one attached hydrogen (secondary N) is 1. The van der Waals surface area contributed by atoms with Gasteiger partial charge >= 0.3 is 0 Å². The second kappa shape index (κ2) is 9.55. The first-order valence-electron chi connectivity index (χ1n) is 9.32. The quantitative estimate of drug-likeness (QED) is 0.306. The monoisotopic (exact) mass is 471 g/mol. The molecule has 0 radical (unpaired) electrons. The zero-order valence-corrected chi connectivity index (χ0v) is 18.9. The number of hydrogen-bond donors (Lipinski definition) is 1. The lowest BCUT2D eigenvalue weighted by atomic mass is 10.2. The largest absolute Gasteiger partial charge is 0.497 e. The number of hydrogen-bond acceptors (Lipinski definition) is 6. The Morgan fingerprint density at radius 3 is 2.77 bits per heavy atom. The maximum Gasteiger partial charge on any atom is 0.272 e. The van der Waals surface area contributed by atoms with Crippen LogP contribution in [0.3, 0.4) is 0 Å². The van der Waals surface area contributed by atoms with Crippen LogP contribution in [0.1, 0.15) is 5.56 Å². The average Bonchev–Trinajstić information content (AvgIpc) is 3.24. The Morgan fingerprint density at radius 2 is 2.03 bits per heavy atom. The number of thiophene rings is 1. The highest BCUT2D eigenvalue weighted by Crippen LogP contribution is 2.23. The molecule has 0 aliphatic heterocycles. The summed E-state index contributed by atoms with van der Waals surface area (Å²) in [7, 11) is 1.61. The molecule has 2 aromatic carbocycles. The molecule has 0 bridgehead atoms. The van der Waals surface area contributed by atoms with Gasteiger partial charge in [-0.2, -0.15) is 0 Å². The molecular weight excluding hydrogens is 454 g/mol. The van der Waals surface area contributed by atoms with Crippen LogP contribution in [-0.4, -0.2) is 28.3 Å². The topological polar surface area (TPSA) is 73.2 Å². The van der Waals surface area contributed by atoms with Crippen LogP contribution in [0.4, 0.5) is 5.69 Å². The Morgan fingerprint density at radius 1 is 1.23 bits per heavy atom. The predicted octanol–water partition coefficient (Wildman–Crippen LogP) is 4.90. The third-order valence-corrected chi connectivity index (χ3v) is 6.57. The van der Waals surface area contributed by atoms with E-state index in [1.54, 1.807) is 35.9 Å². The lowest BCUT2D eigenvalue weighted by Gasteiger charge is -2.12. The lowest BCUT2D eigenvalue weighted by molar-refractivity contribution is -0.113. The molecule has 0 fully saturated rings. The first-order valence-corrected chi connectivity index (χ1v) is 11.6. The second-order valence-electron chi connectivity index (χ2n) is 6.62. The third kappa shape index (κ3) is 5.10. The van der Waals surface area contributed by atoms with E-state index < -0.39 is 0 Å². The normalized spacial score (nSPS) is 10.9. The molecule has 0 saturated heterocycles. The van der Waals surface area contributed by atoms with E-state index in [1.165, 1.54) is 23.1 Å². The Labute approximate surface area is 191 Å². The number of amides is 1. The number of methoxy groups -OCH3 is 1. The number of aromatic nitrogens is 2. The molecule has 0 spiro atoms. The number of anilines is 1. The van der Waals surface area contributed by atoms with Gasteiger partial charge in [-0.15, -0.1) is 11.3 Å². The first kappa shape index (κ1) is 21.4. The molecule has 1 N–H and O–H groups in total. The summed E-state index contributed by atoms with van der Waals surface area (Å²) in [5.41, 5.74) is 2.08. The summed E-state index contributed by atoms with van der Waals surface area (Å²) < 4.78 is 7.41.